The summed E-state index contributed by atoms with van der Waals surface area (Å²) in [4.78, 5) is 24.1. The number of hydrogen-bond donors (Lipinski definition) is 1. The minimum atomic E-state index is -4.70. The van der Waals surface area contributed by atoms with Crippen LogP contribution in [0.4, 0.5) is 24.5 Å². The average molecular weight is 395 g/mol. The Kier molecular flexibility index (Phi) is 4.02. The van der Waals surface area contributed by atoms with Crippen molar-refractivity contribution in [2.24, 2.45) is 0 Å². The van der Waals surface area contributed by atoms with E-state index in [-0.39, 0.29) is 35.1 Å². The summed E-state index contributed by atoms with van der Waals surface area (Å²) in [5, 5.41) is 14.3. The number of hydrogen-bond acceptors (Lipinski definition) is 6. The Labute approximate surface area is 155 Å². The number of nitrogens with zero attached hydrogens (tertiary/aromatic N) is 2. The summed E-state index contributed by atoms with van der Waals surface area (Å²) in [7, 11) is 0. The monoisotopic (exact) mass is 395 g/mol. The largest absolute Gasteiger partial charge is 0.454 e. The maximum Gasteiger partial charge on any atom is 0.406 e. The first-order valence-corrected chi connectivity index (χ1v) is 8.06. The number of amides is 1. The summed E-state index contributed by atoms with van der Waals surface area (Å²) in [6.45, 7) is -1.74. The van der Waals surface area contributed by atoms with Crippen molar-refractivity contribution in [3.8, 4) is 11.5 Å². The molecule has 8 nitrogen and oxygen atoms in total. The Morgan fingerprint density at radius 1 is 1.21 bits per heavy atom. The number of nitro benzene ring substituents is 1. The highest BCUT2D eigenvalue weighted by molar-refractivity contribution is 6.01. The van der Waals surface area contributed by atoms with E-state index in [2.05, 4.69) is 5.32 Å². The number of benzene rings is 2. The Morgan fingerprint density at radius 3 is 2.57 bits per heavy atom. The highest BCUT2D eigenvalue weighted by Crippen LogP contribution is 2.44. The van der Waals surface area contributed by atoms with E-state index in [0.717, 1.165) is 6.07 Å². The van der Waals surface area contributed by atoms with E-state index in [1.54, 1.807) is 6.07 Å². The summed E-state index contributed by atoms with van der Waals surface area (Å²) in [5.41, 5.74) is -0.295. The summed E-state index contributed by atoms with van der Waals surface area (Å²) < 4.78 is 49.8. The summed E-state index contributed by atoms with van der Waals surface area (Å²) in [6.07, 6.45) is -6.12. The number of fused-ring (bicyclic) bond motifs is 2. The van der Waals surface area contributed by atoms with Gasteiger partial charge in [0.25, 0.3) is 11.6 Å². The van der Waals surface area contributed by atoms with Crippen molar-refractivity contribution in [1.29, 1.82) is 0 Å². The molecule has 0 aromatic heterocycles. The zero-order valence-electron chi connectivity index (χ0n) is 14.0. The smallest absolute Gasteiger partial charge is 0.406 e. The van der Waals surface area contributed by atoms with Crippen LogP contribution in [0.3, 0.4) is 0 Å². The van der Waals surface area contributed by atoms with Crippen LogP contribution in [0.15, 0.2) is 36.4 Å². The minimum Gasteiger partial charge on any atom is -0.454 e. The maximum atomic E-state index is 13.2. The highest BCUT2D eigenvalue weighted by atomic mass is 19.4. The van der Waals surface area contributed by atoms with Crippen molar-refractivity contribution in [3.63, 3.8) is 0 Å². The second-order valence-electron chi connectivity index (χ2n) is 6.16. The third-order valence-corrected chi connectivity index (χ3v) is 4.39. The van der Waals surface area contributed by atoms with Gasteiger partial charge < -0.3 is 19.7 Å². The predicted molar refractivity (Wildman–Crippen MR) is 89.1 cm³/mol. The molecule has 28 heavy (non-hydrogen) atoms. The topological polar surface area (TPSA) is 93.9 Å². The van der Waals surface area contributed by atoms with Gasteiger partial charge in [-0.1, -0.05) is 12.1 Å². The maximum absolute atomic E-state index is 13.2. The standard InChI is InChI=1S/C17H12F3N3O5/c18-17(19,20)7-22-15(21-11-4-2-1-3-9(11)16(22)24)10-5-13-14(28-8-27-13)6-12(10)23(25)26/h1-6,15,21H,7-8H2/t15-/m1/s1. The summed E-state index contributed by atoms with van der Waals surface area (Å²) >= 11 is 0. The lowest BCUT2D eigenvalue weighted by Crippen LogP contribution is -2.47. The molecular formula is C17H12F3N3O5. The van der Waals surface area contributed by atoms with Crippen LogP contribution in [-0.2, 0) is 0 Å². The lowest BCUT2D eigenvalue weighted by molar-refractivity contribution is -0.386. The summed E-state index contributed by atoms with van der Waals surface area (Å²) in [5.74, 6) is -0.621. The summed E-state index contributed by atoms with van der Waals surface area (Å²) in [6, 6.07) is 8.33. The number of anilines is 1. The van der Waals surface area contributed by atoms with Crippen LogP contribution in [0.1, 0.15) is 22.1 Å². The molecule has 0 unspecified atom stereocenters. The fraction of sp³-hybridized carbons (Fsp3) is 0.235. The van der Waals surface area contributed by atoms with Crippen LogP contribution < -0.4 is 14.8 Å². The van der Waals surface area contributed by atoms with Gasteiger partial charge in [-0.15, -0.1) is 0 Å². The Balaban J connectivity index is 1.87. The molecule has 1 amide bonds. The Morgan fingerprint density at radius 2 is 1.89 bits per heavy atom. The molecule has 0 radical (unpaired) electrons. The van der Waals surface area contributed by atoms with Crippen molar-refractivity contribution in [1.82, 2.24) is 4.90 Å². The molecule has 2 aliphatic heterocycles. The average Bonchev–Trinajstić information content (AvgIpc) is 3.09. The van der Waals surface area contributed by atoms with E-state index in [4.69, 9.17) is 9.47 Å². The van der Waals surface area contributed by atoms with Crippen LogP contribution in [0.25, 0.3) is 0 Å². The van der Waals surface area contributed by atoms with E-state index >= 15 is 0 Å². The number of para-hydroxylation sites is 1. The van der Waals surface area contributed by atoms with Crippen molar-refractivity contribution in [3.05, 3.63) is 57.6 Å². The molecule has 2 aromatic rings. The van der Waals surface area contributed by atoms with Crippen LogP contribution in [0.5, 0.6) is 11.5 Å². The van der Waals surface area contributed by atoms with Gasteiger partial charge in [0.2, 0.25) is 6.79 Å². The number of ether oxygens (including phenoxy) is 2. The first-order valence-electron chi connectivity index (χ1n) is 8.06. The highest BCUT2D eigenvalue weighted by Gasteiger charge is 2.43. The molecule has 0 spiro atoms. The third kappa shape index (κ3) is 3.04. The number of alkyl halides is 3. The second kappa shape index (κ2) is 6.29. The van der Waals surface area contributed by atoms with E-state index < -0.39 is 35.4 Å². The molecule has 1 atom stereocenters. The molecule has 146 valence electrons. The quantitative estimate of drug-likeness (QED) is 0.632. The Hall–Kier alpha value is -3.50. The molecule has 1 N–H and O–H groups in total. The Bertz CT molecular complexity index is 979. The van der Waals surface area contributed by atoms with Crippen molar-refractivity contribution >= 4 is 17.3 Å². The zero-order valence-corrected chi connectivity index (χ0v) is 14.0. The first kappa shape index (κ1) is 17.9. The van der Waals surface area contributed by atoms with Gasteiger partial charge in [-0.05, 0) is 18.2 Å². The third-order valence-electron chi connectivity index (χ3n) is 4.39. The number of carbonyl (C=O) groups excluding carboxylic acids is 1. The molecule has 0 aliphatic carbocycles. The van der Waals surface area contributed by atoms with E-state index in [1.165, 1.54) is 24.3 Å². The molecule has 11 heteroatoms. The second-order valence-corrected chi connectivity index (χ2v) is 6.16. The van der Waals surface area contributed by atoms with Crippen molar-refractivity contribution in [2.75, 3.05) is 18.7 Å². The van der Waals surface area contributed by atoms with Crippen LogP contribution in [0, 0.1) is 10.1 Å². The van der Waals surface area contributed by atoms with Gasteiger partial charge in [0, 0.05) is 5.69 Å². The lowest BCUT2D eigenvalue weighted by Gasteiger charge is -2.38. The van der Waals surface area contributed by atoms with Crippen LogP contribution in [-0.4, -0.2) is 35.2 Å². The molecular weight excluding hydrogens is 383 g/mol. The van der Waals surface area contributed by atoms with Gasteiger partial charge in [0.15, 0.2) is 11.5 Å². The molecule has 0 bridgehead atoms. The normalized spacial score (nSPS) is 17.9. The van der Waals surface area contributed by atoms with Crippen molar-refractivity contribution in [2.45, 2.75) is 12.3 Å². The molecule has 2 heterocycles. The molecule has 4 rings (SSSR count). The molecule has 0 fully saturated rings. The van der Waals surface area contributed by atoms with Gasteiger partial charge in [-0.3, -0.25) is 14.9 Å². The molecule has 0 saturated heterocycles. The van der Waals surface area contributed by atoms with Gasteiger partial charge in [0.1, 0.15) is 12.7 Å². The van der Waals surface area contributed by atoms with E-state index in [0.29, 0.717) is 4.90 Å². The van der Waals surface area contributed by atoms with E-state index in [9.17, 15) is 28.1 Å². The van der Waals surface area contributed by atoms with Crippen LogP contribution in [0.2, 0.25) is 0 Å². The number of carbonyl (C=O) groups is 1. The number of halogens is 3. The molecule has 0 saturated carbocycles. The number of nitrogens with one attached hydrogen (secondary N) is 1. The lowest BCUT2D eigenvalue weighted by atomic mass is 10.0. The van der Waals surface area contributed by atoms with E-state index in [1.807, 2.05) is 0 Å². The fourth-order valence-corrected chi connectivity index (χ4v) is 3.22. The molecule has 2 aromatic carbocycles. The first-order chi connectivity index (χ1) is 13.2. The zero-order chi connectivity index (χ0) is 20.1. The van der Waals surface area contributed by atoms with Gasteiger partial charge in [0.05, 0.1) is 22.1 Å². The molecule has 2 aliphatic rings. The predicted octanol–water partition coefficient (Wildman–Crippen LogP) is 3.45. The SMILES string of the molecule is O=C1c2ccccc2N[C@@H](c2cc3c(cc2[N+](=O)[O-])OCO3)N1CC(F)(F)F. The van der Waals surface area contributed by atoms with Gasteiger partial charge in [-0.2, -0.15) is 13.2 Å². The van der Waals surface area contributed by atoms with Gasteiger partial charge >= 0.3 is 6.18 Å². The van der Waals surface area contributed by atoms with Crippen molar-refractivity contribution < 1.29 is 32.4 Å². The minimum absolute atomic E-state index is 0.0476. The van der Waals surface area contributed by atoms with Crippen LogP contribution >= 0.6 is 0 Å². The number of rotatable bonds is 3. The number of nitro groups is 1. The fourth-order valence-electron chi connectivity index (χ4n) is 3.22. The van der Waals surface area contributed by atoms with Gasteiger partial charge in [-0.25, -0.2) is 0 Å².